The number of ether oxygens (including phenoxy) is 2. The maximum absolute atomic E-state index is 12.1. The quantitative estimate of drug-likeness (QED) is 0.441. The number of carbonyl (C=O) groups excluding carboxylic acids is 1. The second-order valence-corrected chi connectivity index (χ2v) is 8.41. The minimum absolute atomic E-state index is 0.412. The molecule has 8 heteroatoms. The summed E-state index contributed by atoms with van der Waals surface area (Å²) in [7, 11) is 3.12. The molecule has 0 aliphatic heterocycles. The summed E-state index contributed by atoms with van der Waals surface area (Å²) in [4.78, 5) is 25.4. The number of benzene rings is 2. The Labute approximate surface area is 197 Å². The Balaban J connectivity index is 1.82. The molecule has 174 valence electrons. The van der Waals surface area contributed by atoms with E-state index in [1.54, 1.807) is 38.9 Å². The number of pyridine rings is 1. The standard InChI is InChI=1S/C26H26N4O4/c1-15-20-10-17(18-12-22(33-4)24(34-5)27-13-18)11-21(23(20)29-14-28-15)16-6-8-19(9-7-16)30-25(31)26(2,3)32/h6-14,32H,1-5H3,(H,30,31). The molecule has 0 saturated heterocycles. The Morgan fingerprint density at radius 1 is 0.941 bits per heavy atom. The van der Waals surface area contributed by atoms with E-state index >= 15 is 0 Å². The van der Waals surface area contributed by atoms with E-state index in [9.17, 15) is 9.90 Å². The maximum atomic E-state index is 12.1. The number of rotatable bonds is 6. The van der Waals surface area contributed by atoms with Crippen LogP contribution >= 0.6 is 0 Å². The molecule has 4 aromatic rings. The molecule has 8 nitrogen and oxygen atoms in total. The lowest BCUT2D eigenvalue weighted by Gasteiger charge is -2.17. The van der Waals surface area contributed by atoms with Gasteiger partial charge in [0.2, 0.25) is 0 Å². The Morgan fingerprint density at radius 2 is 1.68 bits per heavy atom. The molecule has 0 aliphatic rings. The van der Waals surface area contributed by atoms with Crippen molar-refractivity contribution in [1.29, 1.82) is 0 Å². The van der Waals surface area contributed by atoms with Crippen molar-refractivity contribution in [2.75, 3.05) is 19.5 Å². The van der Waals surface area contributed by atoms with Crippen molar-refractivity contribution in [1.82, 2.24) is 15.0 Å². The van der Waals surface area contributed by atoms with Gasteiger partial charge in [-0.1, -0.05) is 12.1 Å². The normalized spacial score (nSPS) is 11.4. The van der Waals surface area contributed by atoms with Gasteiger partial charge in [-0.25, -0.2) is 15.0 Å². The molecule has 2 aromatic carbocycles. The van der Waals surface area contributed by atoms with Crippen LogP contribution in [0.5, 0.6) is 11.6 Å². The van der Waals surface area contributed by atoms with Gasteiger partial charge in [0.15, 0.2) is 5.75 Å². The van der Waals surface area contributed by atoms with Gasteiger partial charge in [-0.05, 0) is 62.2 Å². The number of aryl methyl sites for hydroxylation is 1. The molecule has 0 radical (unpaired) electrons. The van der Waals surface area contributed by atoms with E-state index in [1.165, 1.54) is 13.8 Å². The van der Waals surface area contributed by atoms with Crippen molar-refractivity contribution in [2.24, 2.45) is 0 Å². The Morgan fingerprint density at radius 3 is 2.32 bits per heavy atom. The van der Waals surface area contributed by atoms with Gasteiger partial charge in [-0.2, -0.15) is 0 Å². The lowest BCUT2D eigenvalue weighted by atomic mass is 9.95. The molecule has 0 bridgehead atoms. The number of nitrogens with zero attached hydrogens (tertiary/aromatic N) is 3. The average Bonchev–Trinajstić information content (AvgIpc) is 2.83. The van der Waals surface area contributed by atoms with Gasteiger partial charge in [0, 0.05) is 34.1 Å². The summed E-state index contributed by atoms with van der Waals surface area (Å²) in [6, 6.07) is 13.4. The van der Waals surface area contributed by atoms with Crippen molar-refractivity contribution in [3.05, 3.63) is 60.7 Å². The molecule has 0 saturated carbocycles. The number of aromatic nitrogens is 3. The molecule has 0 unspecified atom stereocenters. The lowest BCUT2D eigenvalue weighted by molar-refractivity contribution is -0.130. The van der Waals surface area contributed by atoms with Crippen LogP contribution in [0.3, 0.4) is 0 Å². The third-order valence-corrected chi connectivity index (χ3v) is 5.51. The number of aliphatic hydroxyl groups is 1. The number of fused-ring (bicyclic) bond motifs is 1. The van der Waals surface area contributed by atoms with Crippen LogP contribution in [0, 0.1) is 6.92 Å². The average molecular weight is 459 g/mol. The molecule has 34 heavy (non-hydrogen) atoms. The van der Waals surface area contributed by atoms with E-state index in [-0.39, 0.29) is 0 Å². The minimum Gasteiger partial charge on any atom is -0.491 e. The number of hydrogen-bond acceptors (Lipinski definition) is 7. The number of methoxy groups -OCH3 is 2. The van der Waals surface area contributed by atoms with E-state index in [1.807, 2.05) is 37.3 Å². The van der Waals surface area contributed by atoms with Crippen molar-refractivity contribution in [3.63, 3.8) is 0 Å². The first-order valence-corrected chi connectivity index (χ1v) is 10.7. The maximum Gasteiger partial charge on any atom is 0.256 e. The Kier molecular flexibility index (Phi) is 6.17. The van der Waals surface area contributed by atoms with Crippen LogP contribution in [0.1, 0.15) is 19.5 Å². The molecular weight excluding hydrogens is 432 g/mol. The molecule has 0 fully saturated rings. The third kappa shape index (κ3) is 4.53. The zero-order valence-electron chi connectivity index (χ0n) is 19.7. The van der Waals surface area contributed by atoms with Crippen LogP contribution in [-0.2, 0) is 4.79 Å². The van der Waals surface area contributed by atoms with Crippen LogP contribution in [-0.4, -0.2) is 45.8 Å². The summed E-state index contributed by atoms with van der Waals surface area (Å²) in [6.45, 7) is 4.83. The predicted molar refractivity (Wildman–Crippen MR) is 131 cm³/mol. The number of nitrogens with one attached hydrogen (secondary N) is 1. The van der Waals surface area contributed by atoms with Gasteiger partial charge >= 0.3 is 0 Å². The van der Waals surface area contributed by atoms with Crippen molar-refractivity contribution in [3.8, 4) is 33.9 Å². The molecule has 2 aromatic heterocycles. The number of carbonyl (C=O) groups is 1. The smallest absolute Gasteiger partial charge is 0.256 e. The first kappa shape index (κ1) is 23.1. The van der Waals surface area contributed by atoms with E-state index in [0.717, 1.165) is 38.9 Å². The summed E-state index contributed by atoms with van der Waals surface area (Å²) in [5.74, 6) is 0.474. The Bertz CT molecular complexity index is 1360. The van der Waals surface area contributed by atoms with E-state index in [4.69, 9.17) is 9.47 Å². The highest BCUT2D eigenvalue weighted by Crippen LogP contribution is 2.36. The van der Waals surface area contributed by atoms with Gasteiger partial charge in [-0.3, -0.25) is 4.79 Å². The molecule has 0 aliphatic carbocycles. The molecule has 0 atom stereocenters. The first-order valence-electron chi connectivity index (χ1n) is 10.7. The minimum atomic E-state index is -1.47. The van der Waals surface area contributed by atoms with E-state index < -0.39 is 11.5 Å². The molecule has 1 amide bonds. The van der Waals surface area contributed by atoms with Crippen LogP contribution in [0.4, 0.5) is 5.69 Å². The first-order chi connectivity index (χ1) is 16.2. The highest BCUT2D eigenvalue weighted by molar-refractivity contribution is 5.99. The second-order valence-electron chi connectivity index (χ2n) is 8.41. The topological polar surface area (TPSA) is 106 Å². The Hall–Kier alpha value is -4.04. The lowest BCUT2D eigenvalue weighted by Crippen LogP contribution is -2.36. The monoisotopic (exact) mass is 458 g/mol. The van der Waals surface area contributed by atoms with Crippen molar-refractivity contribution < 1.29 is 19.4 Å². The van der Waals surface area contributed by atoms with Crippen LogP contribution < -0.4 is 14.8 Å². The summed E-state index contributed by atoms with van der Waals surface area (Å²) in [6.07, 6.45) is 3.29. The fourth-order valence-corrected chi connectivity index (χ4v) is 3.59. The van der Waals surface area contributed by atoms with Crippen LogP contribution in [0.15, 0.2) is 55.0 Å². The molecule has 2 heterocycles. The fraction of sp³-hybridized carbons (Fsp3) is 0.231. The van der Waals surface area contributed by atoms with Crippen molar-refractivity contribution >= 4 is 22.5 Å². The zero-order chi connectivity index (χ0) is 24.5. The number of anilines is 1. The molecule has 0 spiro atoms. The van der Waals surface area contributed by atoms with Gasteiger partial charge in [0.25, 0.3) is 11.8 Å². The number of hydrogen-bond donors (Lipinski definition) is 2. The summed E-state index contributed by atoms with van der Waals surface area (Å²) in [5.41, 5.74) is 4.41. The second kappa shape index (κ2) is 9.07. The fourth-order valence-electron chi connectivity index (χ4n) is 3.59. The molecule has 2 N–H and O–H groups in total. The van der Waals surface area contributed by atoms with Gasteiger partial charge in [-0.15, -0.1) is 0 Å². The van der Waals surface area contributed by atoms with Crippen LogP contribution in [0.25, 0.3) is 33.2 Å². The van der Waals surface area contributed by atoms with E-state index in [0.29, 0.717) is 17.3 Å². The SMILES string of the molecule is COc1cc(-c2cc(-c3ccc(NC(=O)C(C)(C)O)cc3)c3ncnc(C)c3c2)cnc1OC. The summed E-state index contributed by atoms with van der Waals surface area (Å²) < 4.78 is 10.7. The predicted octanol–water partition coefficient (Wildman–Crippen LogP) is 4.39. The highest BCUT2D eigenvalue weighted by atomic mass is 16.5. The zero-order valence-corrected chi connectivity index (χ0v) is 19.7. The third-order valence-electron chi connectivity index (χ3n) is 5.51. The molecule has 4 rings (SSSR count). The van der Waals surface area contributed by atoms with Gasteiger partial charge in [0.05, 0.1) is 19.7 Å². The van der Waals surface area contributed by atoms with E-state index in [2.05, 4.69) is 20.3 Å². The molecular formula is C26H26N4O4. The number of amides is 1. The largest absolute Gasteiger partial charge is 0.491 e. The summed E-state index contributed by atoms with van der Waals surface area (Å²) >= 11 is 0. The van der Waals surface area contributed by atoms with Crippen molar-refractivity contribution in [2.45, 2.75) is 26.4 Å². The summed E-state index contributed by atoms with van der Waals surface area (Å²) in [5, 5.41) is 13.5. The highest BCUT2D eigenvalue weighted by Gasteiger charge is 2.23. The van der Waals surface area contributed by atoms with Gasteiger partial charge < -0.3 is 19.9 Å². The van der Waals surface area contributed by atoms with Gasteiger partial charge in [0.1, 0.15) is 11.9 Å². The van der Waals surface area contributed by atoms with Crippen LogP contribution in [0.2, 0.25) is 0 Å².